The van der Waals surface area contributed by atoms with Gasteiger partial charge < -0.3 is 20.1 Å². The van der Waals surface area contributed by atoms with E-state index in [1.807, 2.05) is 6.08 Å². The van der Waals surface area contributed by atoms with E-state index in [-0.39, 0.29) is 11.4 Å². The zero-order chi connectivity index (χ0) is 24.2. The first-order valence-electron chi connectivity index (χ1n) is 12.0. The molecule has 0 aliphatic carbocycles. The molecule has 0 saturated carbocycles. The Bertz CT molecular complexity index is 1170. The Balaban J connectivity index is 1.52. The molecule has 178 valence electrons. The van der Waals surface area contributed by atoms with Crippen LogP contribution in [0.4, 0.5) is 11.4 Å². The SMILES string of the molecule is CCc1ccc(N[C@H]2NC(=O)/C(=C/c3cc(C)n(-c4ccc(N(CC)CC)cc4)c3C)S2)cc1. The number of thioether (sulfide) groups is 1. The lowest BCUT2D eigenvalue weighted by molar-refractivity contribution is -0.116. The summed E-state index contributed by atoms with van der Waals surface area (Å²) in [6, 6.07) is 19.2. The number of aromatic nitrogens is 1. The highest BCUT2D eigenvalue weighted by atomic mass is 32.2. The molecule has 6 heteroatoms. The topological polar surface area (TPSA) is 49.3 Å². The maximum absolute atomic E-state index is 12.7. The summed E-state index contributed by atoms with van der Waals surface area (Å²) in [5.74, 6) is -0.0407. The summed E-state index contributed by atoms with van der Waals surface area (Å²) < 4.78 is 2.25. The van der Waals surface area contributed by atoms with Gasteiger partial charge in [0.05, 0.1) is 4.91 Å². The molecule has 1 atom stereocenters. The van der Waals surface area contributed by atoms with E-state index in [0.717, 1.165) is 52.7 Å². The van der Waals surface area contributed by atoms with Crippen molar-refractivity contribution in [3.05, 3.63) is 82.0 Å². The van der Waals surface area contributed by atoms with Crippen molar-refractivity contribution >= 4 is 35.1 Å². The Labute approximate surface area is 207 Å². The molecular formula is C28H34N4OS. The van der Waals surface area contributed by atoms with E-state index in [9.17, 15) is 4.79 Å². The van der Waals surface area contributed by atoms with E-state index >= 15 is 0 Å². The van der Waals surface area contributed by atoms with Crippen LogP contribution < -0.4 is 15.5 Å². The van der Waals surface area contributed by atoms with Crippen LogP contribution >= 0.6 is 11.8 Å². The van der Waals surface area contributed by atoms with Crippen LogP contribution in [0.3, 0.4) is 0 Å². The van der Waals surface area contributed by atoms with Gasteiger partial charge in [-0.2, -0.15) is 0 Å². The molecule has 3 aromatic rings. The maximum Gasteiger partial charge on any atom is 0.260 e. The predicted molar refractivity (Wildman–Crippen MR) is 146 cm³/mol. The van der Waals surface area contributed by atoms with E-state index in [4.69, 9.17) is 0 Å². The van der Waals surface area contributed by atoms with Crippen LogP contribution in [0.25, 0.3) is 11.8 Å². The number of nitrogens with one attached hydrogen (secondary N) is 2. The van der Waals surface area contributed by atoms with E-state index < -0.39 is 0 Å². The normalized spacial score (nSPS) is 16.7. The number of hydrogen-bond acceptors (Lipinski definition) is 4. The molecule has 1 saturated heterocycles. The lowest BCUT2D eigenvalue weighted by Crippen LogP contribution is -2.30. The predicted octanol–water partition coefficient (Wildman–Crippen LogP) is 6.10. The van der Waals surface area contributed by atoms with Crippen molar-refractivity contribution < 1.29 is 4.79 Å². The number of hydrogen-bond donors (Lipinski definition) is 2. The van der Waals surface area contributed by atoms with Gasteiger partial charge in [0.2, 0.25) is 0 Å². The van der Waals surface area contributed by atoms with Crippen LogP contribution in [0.15, 0.2) is 59.5 Å². The van der Waals surface area contributed by atoms with Crippen LogP contribution in [0, 0.1) is 13.8 Å². The molecule has 0 radical (unpaired) electrons. The van der Waals surface area contributed by atoms with Crippen molar-refractivity contribution in [2.45, 2.75) is 46.5 Å². The first kappa shape index (κ1) is 24.0. The van der Waals surface area contributed by atoms with Gasteiger partial charge in [-0.3, -0.25) is 4.79 Å². The summed E-state index contributed by atoms with van der Waals surface area (Å²) in [7, 11) is 0. The molecule has 4 rings (SSSR count). The Hall–Kier alpha value is -3.12. The van der Waals surface area contributed by atoms with Crippen LogP contribution in [0.1, 0.15) is 43.3 Å². The third-order valence-corrected chi connectivity index (χ3v) is 7.41. The first-order valence-corrected chi connectivity index (χ1v) is 12.9. The van der Waals surface area contributed by atoms with Crippen molar-refractivity contribution in [2.75, 3.05) is 23.3 Å². The molecule has 0 bridgehead atoms. The van der Waals surface area contributed by atoms with Gasteiger partial charge in [-0.1, -0.05) is 30.8 Å². The molecule has 34 heavy (non-hydrogen) atoms. The van der Waals surface area contributed by atoms with Crippen LogP contribution in [0.5, 0.6) is 0 Å². The van der Waals surface area contributed by atoms with E-state index in [1.165, 1.54) is 23.0 Å². The molecule has 2 heterocycles. The second kappa shape index (κ2) is 10.4. The summed E-state index contributed by atoms with van der Waals surface area (Å²) >= 11 is 1.52. The smallest absolute Gasteiger partial charge is 0.260 e. The maximum atomic E-state index is 12.7. The van der Waals surface area contributed by atoms with Crippen molar-refractivity contribution in [3.63, 3.8) is 0 Å². The number of benzene rings is 2. The number of nitrogens with zero attached hydrogens (tertiary/aromatic N) is 2. The highest BCUT2D eigenvalue weighted by Gasteiger charge is 2.27. The van der Waals surface area contributed by atoms with Crippen LogP contribution in [0.2, 0.25) is 0 Å². The number of rotatable bonds is 8. The number of aryl methyl sites for hydroxylation is 2. The van der Waals surface area contributed by atoms with E-state index in [2.05, 4.69) is 109 Å². The number of amides is 1. The van der Waals surface area contributed by atoms with E-state index in [0.29, 0.717) is 0 Å². The van der Waals surface area contributed by atoms with Crippen molar-refractivity contribution in [1.82, 2.24) is 9.88 Å². The molecule has 1 fully saturated rings. The quantitative estimate of drug-likeness (QED) is 0.387. The second-order valence-electron chi connectivity index (χ2n) is 8.53. The molecular weight excluding hydrogens is 440 g/mol. The Morgan fingerprint density at radius 3 is 2.32 bits per heavy atom. The molecule has 2 aromatic carbocycles. The first-order chi connectivity index (χ1) is 16.4. The summed E-state index contributed by atoms with van der Waals surface area (Å²) in [4.78, 5) is 15.7. The monoisotopic (exact) mass is 474 g/mol. The van der Waals surface area contributed by atoms with Gasteiger partial charge in [-0.15, -0.1) is 0 Å². The number of carbonyl (C=O) groups excluding carboxylic acids is 1. The molecule has 0 spiro atoms. The fraction of sp³-hybridized carbons (Fsp3) is 0.321. The highest BCUT2D eigenvalue weighted by Crippen LogP contribution is 2.32. The number of carbonyl (C=O) groups is 1. The van der Waals surface area contributed by atoms with Gasteiger partial charge >= 0.3 is 0 Å². The van der Waals surface area contributed by atoms with Gasteiger partial charge in [0.25, 0.3) is 5.91 Å². The second-order valence-corrected chi connectivity index (χ2v) is 9.67. The summed E-state index contributed by atoms with van der Waals surface area (Å²) in [5.41, 5.74) is 7.83. The Kier molecular flexibility index (Phi) is 7.37. The number of anilines is 2. The highest BCUT2D eigenvalue weighted by molar-refractivity contribution is 8.05. The molecule has 5 nitrogen and oxygen atoms in total. The molecule has 1 aromatic heterocycles. The average molecular weight is 475 g/mol. The van der Waals surface area contributed by atoms with Gasteiger partial charge in [0.1, 0.15) is 0 Å². The summed E-state index contributed by atoms with van der Waals surface area (Å²) in [5, 5.41) is 6.44. The van der Waals surface area contributed by atoms with Crippen molar-refractivity contribution in [1.29, 1.82) is 0 Å². The minimum absolute atomic E-state index is 0.0407. The average Bonchev–Trinajstić information content (AvgIpc) is 3.33. The van der Waals surface area contributed by atoms with Gasteiger partial charge in [0.15, 0.2) is 5.50 Å². The lowest BCUT2D eigenvalue weighted by Gasteiger charge is -2.21. The standard InChI is InChI=1S/C28H34N4OS/c1-6-21-9-11-23(12-10-21)29-28-30-27(33)26(34-28)18-22-17-19(4)32(20(22)5)25-15-13-24(14-16-25)31(7-2)8-3/h9-18,28-29H,6-8H2,1-5H3,(H,30,33)/b26-18-/t28-/m0/s1. The third-order valence-electron chi connectivity index (χ3n) is 6.38. The minimum atomic E-state index is -0.178. The lowest BCUT2D eigenvalue weighted by atomic mass is 10.1. The van der Waals surface area contributed by atoms with Crippen LogP contribution in [-0.4, -0.2) is 29.1 Å². The van der Waals surface area contributed by atoms with E-state index in [1.54, 1.807) is 0 Å². The molecule has 0 unspecified atom stereocenters. The fourth-order valence-electron chi connectivity index (χ4n) is 4.43. The van der Waals surface area contributed by atoms with Gasteiger partial charge in [-0.25, -0.2) is 0 Å². The summed E-state index contributed by atoms with van der Waals surface area (Å²) in [6.45, 7) is 12.7. The Morgan fingerprint density at radius 1 is 1.03 bits per heavy atom. The van der Waals surface area contributed by atoms with Crippen molar-refractivity contribution in [3.8, 4) is 5.69 Å². The molecule has 1 aliphatic rings. The largest absolute Gasteiger partial charge is 0.372 e. The third kappa shape index (κ3) is 5.02. The van der Waals surface area contributed by atoms with Gasteiger partial charge in [0, 0.05) is 41.5 Å². The Morgan fingerprint density at radius 2 is 1.71 bits per heavy atom. The molecule has 2 N–H and O–H groups in total. The molecule has 1 aliphatic heterocycles. The van der Waals surface area contributed by atoms with Gasteiger partial charge in [-0.05, 0) is 93.8 Å². The van der Waals surface area contributed by atoms with Crippen molar-refractivity contribution in [2.24, 2.45) is 0 Å². The van der Waals surface area contributed by atoms with Crippen LogP contribution in [-0.2, 0) is 11.2 Å². The molecule has 1 amide bonds. The fourth-order valence-corrected chi connectivity index (χ4v) is 5.40. The zero-order valence-corrected chi connectivity index (χ0v) is 21.5. The minimum Gasteiger partial charge on any atom is -0.372 e. The zero-order valence-electron chi connectivity index (χ0n) is 20.7. The summed E-state index contributed by atoms with van der Waals surface area (Å²) in [6.07, 6.45) is 3.02.